The molecule has 2 N–H and O–H groups in total. The maximum Gasteiger partial charge on any atom is 0.261 e. The van der Waals surface area contributed by atoms with Gasteiger partial charge in [0.15, 0.2) is 0 Å². The van der Waals surface area contributed by atoms with E-state index in [0.717, 1.165) is 6.54 Å². The second-order valence-corrected chi connectivity index (χ2v) is 2.45. The number of primary amides is 1. The average Bonchev–Trinajstić information content (AvgIpc) is 2.03. The standard InChI is InChI=1S/C8H13N3O/c1-4-11(3)6(2)7(5-9)8(10)12/h4H2,1-3H3,(H2,10,12)/b7-6-. The van der Waals surface area contributed by atoms with Crippen molar-refractivity contribution in [1.29, 1.82) is 5.26 Å². The van der Waals surface area contributed by atoms with Crippen molar-refractivity contribution in [3.63, 3.8) is 0 Å². The minimum Gasteiger partial charge on any atom is -0.377 e. The van der Waals surface area contributed by atoms with Crippen molar-refractivity contribution in [2.75, 3.05) is 13.6 Å². The Morgan fingerprint density at radius 1 is 1.67 bits per heavy atom. The molecule has 0 radical (unpaired) electrons. The van der Waals surface area contributed by atoms with Crippen molar-refractivity contribution in [1.82, 2.24) is 4.90 Å². The predicted molar refractivity (Wildman–Crippen MR) is 45.8 cm³/mol. The Hall–Kier alpha value is -1.50. The molecular weight excluding hydrogens is 154 g/mol. The summed E-state index contributed by atoms with van der Waals surface area (Å²) in [6.45, 7) is 4.37. The molecule has 0 heterocycles. The highest BCUT2D eigenvalue weighted by atomic mass is 16.1. The maximum absolute atomic E-state index is 10.7. The Morgan fingerprint density at radius 3 is 2.42 bits per heavy atom. The summed E-state index contributed by atoms with van der Waals surface area (Å²) in [7, 11) is 1.80. The lowest BCUT2D eigenvalue weighted by Gasteiger charge is -2.17. The molecule has 1 amide bonds. The number of hydrogen-bond acceptors (Lipinski definition) is 3. The molecule has 0 aromatic carbocycles. The fraction of sp³-hybridized carbons (Fsp3) is 0.500. The van der Waals surface area contributed by atoms with Gasteiger partial charge in [-0.15, -0.1) is 0 Å². The van der Waals surface area contributed by atoms with Crippen LogP contribution in [0.5, 0.6) is 0 Å². The van der Waals surface area contributed by atoms with Crippen molar-refractivity contribution in [3.8, 4) is 6.07 Å². The number of nitriles is 1. The predicted octanol–water partition coefficient (Wildman–Crippen LogP) is 0.221. The van der Waals surface area contributed by atoms with Gasteiger partial charge >= 0.3 is 0 Å². The molecule has 0 spiro atoms. The fourth-order valence-electron chi connectivity index (χ4n) is 0.742. The van der Waals surface area contributed by atoms with E-state index in [1.54, 1.807) is 24.9 Å². The smallest absolute Gasteiger partial charge is 0.261 e. The molecule has 4 heteroatoms. The number of hydrogen-bond donors (Lipinski definition) is 1. The number of nitrogens with zero attached hydrogens (tertiary/aromatic N) is 2. The molecule has 0 aliphatic rings. The summed E-state index contributed by atoms with van der Waals surface area (Å²) in [5.74, 6) is -0.671. The van der Waals surface area contributed by atoms with Crippen LogP contribution in [-0.4, -0.2) is 24.4 Å². The molecule has 0 aliphatic heterocycles. The van der Waals surface area contributed by atoms with Gasteiger partial charge in [0.25, 0.3) is 5.91 Å². The molecule has 0 unspecified atom stereocenters. The zero-order chi connectivity index (χ0) is 9.72. The highest BCUT2D eigenvalue weighted by molar-refractivity contribution is 5.96. The van der Waals surface area contributed by atoms with Crippen molar-refractivity contribution < 1.29 is 4.79 Å². The minimum atomic E-state index is -0.671. The summed E-state index contributed by atoms with van der Waals surface area (Å²) in [5, 5.41) is 8.58. The van der Waals surface area contributed by atoms with E-state index < -0.39 is 5.91 Å². The van der Waals surface area contributed by atoms with E-state index in [1.165, 1.54) is 0 Å². The van der Waals surface area contributed by atoms with Crippen LogP contribution in [0.25, 0.3) is 0 Å². The normalized spacial score (nSPS) is 11.5. The second kappa shape index (κ2) is 4.39. The van der Waals surface area contributed by atoms with Crippen LogP contribution in [0.4, 0.5) is 0 Å². The topological polar surface area (TPSA) is 70.1 Å². The number of carbonyl (C=O) groups is 1. The summed E-state index contributed by atoms with van der Waals surface area (Å²) in [6.07, 6.45) is 0. The summed E-state index contributed by atoms with van der Waals surface area (Å²) in [4.78, 5) is 12.5. The Bertz CT molecular complexity index is 250. The van der Waals surface area contributed by atoms with Crippen LogP contribution in [-0.2, 0) is 4.79 Å². The molecule has 0 atom stereocenters. The third-order valence-electron chi connectivity index (χ3n) is 1.77. The summed E-state index contributed by atoms with van der Waals surface area (Å²) < 4.78 is 0. The van der Waals surface area contributed by atoms with Crippen LogP contribution < -0.4 is 5.73 Å². The summed E-state index contributed by atoms with van der Waals surface area (Å²) in [6, 6.07) is 1.78. The van der Waals surface area contributed by atoms with Gasteiger partial charge in [-0.1, -0.05) is 0 Å². The van der Waals surface area contributed by atoms with Gasteiger partial charge in [-0.05, 0) is 13.8 Å². The maximum atomic E-state index is 10.7. The van der Waals surface area contributed by atoms with Crippen LogP contribution in [0, 0.1) is 11.3 Å². The van der Waals surface area contributed by atoms with E-state index in [0.29, 0.717) is 5.70 Å². The molecule has 0 aromatic heterocycles. The van der Waals surface area contributed by atoms with Gasteiger partial charge in [0.2, 0.25) is 0 Å². The van der Waals surface area contributed by atoms with E-state index in [4.69, 9.17) is 11.0 Å². The monoisotopic (exact) mass is 167 g/mol. The molecule has 0 saturated carbocycles. The first kappa shape index (κ1) is 10.5. The Kier molecular flexibility index (Phi) is 3.84. The van der Waals surface area contributed by atoms with Gasteiger partial charge < -0.3 is 10.6 Å². The lowest BCUT2D eigenvalue weighted by molar-refractivity contribution is -0.114. The SMILES string of the molecule is CCN(C)/C(C)=C(/C#N)C(N)=O. The summed E-state index contributed by atoms with van der Waals surface area (Å²) in [5.41, 5.74) is 5.64. The molecular formula is C8H13N3O. The number of rotatable bonds is 3. The van der Waals surface area contributed by atoms with Crippen LogP contribution in [0.15, 0.2) is 11.3 Å². The largest absolute Gasteiger partial charge is 0.377 e. The highest BCUT2D eigenvalue weighted by Crippen LogP contribution is 2.05. The molecule has 12 heavy (non-hydrogen) atoms. The van der Waals surface area contributed by atoms with E-state index in [9.17, 15) is 4.79 Å². The van der Waals surface area contributed by atoms with Gasteiger partial charge in [0, 0.05) is 19.3 Å². The highest BCUT2D eigenvalue weighted by Gasteiger charge is 2.10. The number of nitrogens with two attached hydrogens (primary N) is 1. The van der Waals surface area contributed by atoms with Crippen LogP contribution >= 0.6 is 0 Å². The molecule has 0 fully saturated rings. The average molecular weight is 167 g/mol. The van der Waals surface area contributed by atoms with Crippen molar-refractivity contribution in [2.45, 2.75) is 13.8 Å². The quantitative estimate of drug-likeness (QED) is 0.483. The fourth-order valence-corrected chi connectivity index (χ4v) is 0.742. The Morgan fingerprint density at radius 2 is 2.17 bits per heavy atom. The van der Waals surface area contributed by atoms with Gasteiger partial charge in [-0.3, -0.25) is 4.79 Å². The van der Waals surface area contributed by atoms with E-state index in [-0.39, 0.29) is 5.57 Å². The number of allylic oxidation sites excluding steroid dienone is 1. The van der Waals surface area contributed by atoms with Crippen LogP contribution in [0.3, 0.4) is 0 Å². The van der Waals surface area contributed by atoms with Crippen molar-refractivity contribution in [2.24, 2.45) is 5.73 Å². The van der Waals surface area contributed by atoms with Crippen molar-refractivity contribution >= 4 is 5.91 Å². The first-order chi connectivity index (χ1) is 5.54. The third-order valence-corrected chi connectivity index (χ3v) is 1.77. The van der Waals surface area contributed by atoms with Gasteiger partial charge in [-0.25, -0.2) is 0 Å². The number of carbonyl (C=O) groups excluding carboxylic acids is 1. The Labute approximate surface area is 72.3 Å². The zero-order valence-electron chi connectivity index (χ0n) is 7.59. The van der Waals surface area contributed by atoms with E-state index in [1.807, 2.05) is 6.92 Å². The van der Waals surface area contributed by atoms with Gasteiger partial charge in [-0.2, -0.15) is 5.26 Å². The number of amides is 1. The third kappa shape index (κ3) is 2.27. The molecule has 0 rings (SSSR count). The molecule has 4 nitrogen and oxygen atoms in total. The Balaban J connectivity index is 4.88. The lowest BCUT2D eigenvalue weighted by atomic mass is 10.2. The molecule has 66 valence electrons. The molecule has 0 aliphatic carbocycles. The zero-order valence-corrected chi connectivity index (χ0v) is 7.59. The first-order valence-electron chi connectivity index (χ1n) is 3.66. The second-order valence-electron chi connectivity index (χ2n) is 2.45. The van der Waals surface area contributed by atoms with E-state index >= 15 is 0 Å². The molecule has 0 bridgehead atoms. The van der Waals surface area contributed by atoms with Crippen LogP contribution in [0.1, 0.15) is 13.8 Å². The van der Waals surface area contributed by atoms with Gasteiger partial charge in [0.05, 0.1) is 0 Å². The van der Waals surface area contributed by atoms with E-state index in [2.05, 4.69) is 0 Å². The van der Waals surface area contributed by atoms with Gasteiger partial charge in [0.1, 0.15) is 11.6 Å². The van der Waals surface area contributed by atoms with Crippen molar-refractivity contribution in [3.05, 3.63) is 11.3 Å². The minimum absolute atomic E-state index is 0.0272. The van der Waals surface area contributed by atoms with Crippen LogP contribution in [0.2, 0.25) is 0 Å². The molecule has 0 aromatic rings. The lowest BCUT2D eigenvalue weighted by Crippen LogP contribution is -2.22. The summed E-state index contributed by atoms with van der Waals surface area (Å²) >= 11 is 0. The molecule has 0 saturated heterocycles. The first-order valence-corrected chi connectivity index (χ1v) is 3.66.